The second kappa shape index (κ2) is 6.50. The molecule has 1 aliphatic carbocycles. The molecule has 2 heterocycles. The van der Waals surface area contributed by atoms with E-state index in [0.717, 1.165) is 58.2 Å². The lowest BCUT2D eigenvalue weighted by atomic mass is 9.79. The Morgan fingerprint density at radius 1 is 1.17 bits per heavy atom. The summed E-state index contributed by atoms with van der Waals surface area (Å²) in [6.45, 7) is 5.60. The van der Waals surface area contributed by atoms with E-state index in [9.17, 15) is 4.39 Å². The van der Waals surface area contributed by atoms with Crippen molar-refractivity contribution >= 4 is 0 Å². The average Bonchev–Trinajstić information content (AvgIpc) is 3.25. The molecule has 23 heavy (non-hydrogen) atoms. The molecule has 126 valence electrons. The smallest absolute Gasteiger partial charge is 0.123 e. The van der Waals surface area contributed by atoms with Gasteiger partial charge in [0.15, 0.2) is 0 Å². The second-order valence-electron chi connectivity index (χ2n) is 7.48. The van der Waals surface area contributed by atoms with Crippen LogP contribution >= 0.6 is 0 Å². The number of ether oxygens (including phenoxy) is 2. The predicted octanol–water partition coefficient (Wildman–Crippen LogP) is 3.23. The fraction of sp³-hybridized carbons (Fsp3) is 0.684. The van der Waals surface area contributed by atoms with Crippen LogP contribution in [0.4, 0.5) is 4.39 Å². The highest BCUT2D eigenvalue weighted by Crippen LogP contribution is 2.42. The molecule has 2 aliphatic heterocycles. The van der Waals surface area contributed by atoms with Crippen LogP contribution in [0.5, 0.6) is 0 Å². The highest BCUT2D eigenvalue weighted by molar-refractivity contribution is 5.17. The molecule has 1 saturated carbocycles. The molecular formula is C19H26FNO2. The van der Waals surface area contributed by atoms with Crippen LogP contribution in [-0.2, 0) is 16.0 Å². The van der Waals surface area contributed by atoms with Crippen molar-refractivity contribution in [2.75, 3.05) is 32.9 Å². The lowest BCUT2D eigenvalue weighted by Crippen LogP contribution is -2.64. The highest BCUT2D eigenvalue weighted by atomic mass is 19.1. The summed E-state index contributed by atoms with van der Waals surface area (Å²) >= 11 is 0. The van der Waals surface area contributed by atoms with E-state index in [1.54, 1.807) is 0 Å². The third kappa shape index (κ3) is 3.59. The van der Waals surface area contributed by atoms with Gasteiger partial charge in [0.25, 0.3) is 0 Å². The largest absolute Gasteiger partial charge is 0.381 e. The minimum absolute atomic E-state index is 0.0585. The molecule has 1 spiro atoms. The van der Waals surface area contributed by atoms with Gasteiger partial charge in [-0.2, -0.15) is 0 Å². The van der Waals surface area contributed by atoms with Crippen LogP contribution in [0.1, 0.15) is 31.2 Å². The molecule has 0 amide bonds. The average molecular weight is 319 g/mol. The minimum atomic E-state index is -0.167. The lowest BCUT2D eigenvalue weighted by molar-refractivity contribution is -0.139. The normalized spacial score (nSPS) is 26.6. The third-order valence-electron chi connectivity index (χ3n) is 5.56. The zero-order valence-electron chi connectivity index (χ0n) is 13.7. The molecule has 0 aromatic heterocycles. The van der Waals surface area contributed by atoms with Gasteiger partial charge in [-0.15, -0.1) is 0 Å². The summed E-state index contributed by atoms with van der Waals surface area (Å²) in [5.74, 6) is 1.31. The van der Waals surface area contributed by atoms with Crippen molar-refractivity contribution in [2.24, 2.45) is 11.8 Å². The van der Waals surface area contributed by atoms with Crippen LogP contribution in [0.25, 0.3) is 0 Å². The van der Waals surface area contributed by atoms with Gasteiger partial charge in [-0.25, -0.2) is 4.39 Å². The van der Waals surface area contributed by atoms with Crippen molar-refractivity contribution in [3.05, 3.63) is 35.6 Å². The monoisotopic (exact) mass is 319 g/mol. The van der Waals surface area contributed by atoms with Crippen LogP contribution in [-0.4, -0.2) is 43.4 Å². The minimum Gasteiger partial charge on any atom is -0.381 e. The van der Waals surface area contributed by atoms with Crippen molar-refractivity contribution < 1.29 is 13.9 Å². The number of likely N-dealkylation sites (tertiary alicyclic amines) is 1. The molecule has 3 fully saturated rings. The maximum atomic E-state index is 13.0. The van der Waals surface area contributed by atoms with Crippen LogP contribution in [0.2, 0.25) is 0 Å². The van der Waals surface area contributed by atoms with Gasteiger partial charge in [0.05, 0.1) is 5.60 Å². The standard InChI is InChI=1S/C19H26FNO2/c20-18-5-3-15(4-6-18)11-21-13-19(14-21)17(8-10-23-19)7-9-22-12-16-1-2-16/h3-6,16-17H,1-2,7-14H2/t17-/m0/s1. The second-order valence-corrected chi connectivity index (χ2v) is 7.48. The fourth-order valence-corrected chi connectivity index (χ4v) is 3.97. The van der Waals surface area contributed by atoms with Crippen LogP contribution in [0, 0.1) is 17.7 Å². The molecule has 3 nitrogen and oxygen atoms in total. The Labute approximate surface area is 137 Å². The first-order chi connectivity index (χ1) is 11.2. The summed E-state index contributed by atoms with van der Waals surface area (Å²) < 4.78 is 24.9. The summed E-state index contributed by atoms with van der Waals surface area (Å²) in [5, 5.41) is 0. The third-order valence-corrected chi connectivity index (χ3v) is 5.56. The van der Waals surface area contributed by atoms with E-state index < -0.39 is 0 Å². The Bertz CT molecular complexity index is 523. The number of rotatable bonds is 7. The Morgan fingerprint density at radius 3 is 2.70 bits per heavy atom. The van der Waals surface area contributed by atoms with Crippen molar-refractivity contribution in [1.82, 2.24) is 4.90 Å². The fourth-order valence-electron chi connectivity index (χ4n) is 3.97. The zero-order chi connectivity index (χ0) is 15.7. The molecule has 1 aromatic rings. The molecule has 4 heteroatoms. The van der Waals surface area contributed by atoms with Crippen LogP contribution in [0.15, 0.2) is 24.3 Å². The molecule has 0 N–H and O–H groups in total. The molecule has 0 radical (unpaired) electrons. The molecule has 3 aliphatic rings. The van der Waals surface area contributed by atoms with Crippen molar-refractivity contribution in [2.45, 2.75) is 37.8 Å². The van der Waals surface area contributed by atoms with Crippen LogP contribution in [0.3, 0.4) is 0 Å². The van der Waals surface area contributed by atoms with Crippen molar-refractivity contribution in [3.8, 4) is 0 Å². The van der Waals surface area contributed by atoms with E-state index >= 15 is 0 Å². The van der Waals surface area contributed by atoms with Crippen molar-refractivity contribution in [1.29, 1.82) is 0 Å². The lowest BCUT2D eigenvalue weighted by Gasteiger charge is -2.50. The first-order valence-electron chi connectivity index (χ1n) is 8.92. The van der Waals surface area contributed by atoms with Gasteiger partial charge in [-0.05, 0) is 55.2 Å². The Kier molecular flexibility index (Phi) is 4.39. The summed E-state index contributed by atoms with van der Waals surface area (Å²) in [6.07, 6.45) is 5.00. The van der Waals surface area contributed by atoms with Gasteiger partial charge in [-0.1, -0.05) is 12.1 Å². The Hall–Kier alpha value is -0.970. The van der Waals surface area contributed by atoms with Crippen LogP contribution < -0.4 is 0 Å². The number of benzene rings is 1. The van der Waals surface area contributed by atoms with E-state index in [1.165, 1.54) is 30.5 Å². The summed E-state index contributed by atoms with van der Waals surface area (Å²) in [4.78, 5) is 2.40. The molecule has 0 bridgehead atoms. The number of hydrogen-bond acceptors (Lipinski definition) is 3. The number of halogens is 1. The molecule has 4 rings (SSSR count). The maximum absolute atomic E-state index is 13.0. The van der Waals surface area contributed by atoms with E-state index in [4.69, 9.17) is 9.47 Å². The Morgan fingerprint density at radius 2 is 1.96 bits per heavy atom. The molecule has 2 saturated heterocycles. The maximum Gasteiger partial charge on any atom is 0.123 e. The zero-order valence-corrected chi connectivity index (χ0v) is 13.7. The summed E-state index contributed by atoms with van der Waals surface area (Å²) in [5.41, 5.74) is 1.23. The topological polar surface area (TPSA) is 21.7 Å². The quantitative estimate of drug-likeness (QED) is 0.720. The predicted molar refractivity (Wildman–Crippen MR) is 86.6 cm³/mol. The van der Waals surface area contributed by atoms with E-state index in [1.807, 2.05) is 12.1 Å². The van der Waals surface area contributed by atoms with Gasteiger partial charge in [0.1, 0.15) is 5.82 Å². The molecular weight excluding hydrogens is 293 g/mol. The van der Waals surface area contributed by atoms with Crippen molar-refractivity contribution in [3.63, 3.8) is 0 Å². The molecule has 1 aromatic carbocycles. The summed E-state index contributed by atoms with van der Waals surface area (Å²) in [6, 6.07) is 6.83. The van der Waals surface area contributed by atoms with E-state index in [0.29, 0.717) is 5.92 Å². The number of nitrogens with zero attached hydrogens (tertiary/aromatic N) is 1. The number of hydrogen-bond donors (Lipinski definition) is 0. The molecule has 1 atom stereocenters. The van der Waals surface area contributed by atoms with Gasteiger partial charge < -0.3 is 9.47 Å². The highest BCUT2D eigenvalue weighted by Gasteiger charge is 2.52. The van der Waals surface area contributed by atoms with Gasteiger partial charge >= 0.3 is 0 Å². The van der Waals surface area contributed by atoms with Gasteiger partial charge in [0, 0.05) is 39.5 Å². The Balaban J connectivity index is 1.23. The first-order valence-corrected chi connectivity index (χ1v) is 8.92. The van der Waals surface area contributed by atoms with E-state index in [2.05, 4.69) is 4.90 Å². The van der Waals surface area contributed by atoms with E-state index in [-0.39, 0.29) is 11.4 Å². The van der Waals surface area contributed by atoms with Gasteiger partial charge in [-0.3, -0.25) is 4.90 Å². The SMILES string of the molecule is Fc1ccc(CN2CC3(C2)OCC[C@@H]3CCOCC2CC2)cc1. The summed E-state index contributed by atoms with van der Waals surface area (Å²) in [7, 11) is 0. The van der Waals surface area contributed by atoms with Gasteiger partial charge in [0.2, 0.25) is 0 Å². The first kappa shape index (κ1) is 15.6. The molecule has 0 unspecified atom stereocenters.